The Morgan fingerprint density at radius 3 is 3.00 bits per heavy atom. The summed E-state index contributed by atoms with van der Waals surface area (Å²) in [5, 5.41) is 0. The average Bonchev–Trinajstić information content (AvgIpc) is 2.18. The predicted octanol–water partition coefficient (Wildman–Crippen LogP) is 2.10. The molecule has 70 valence electrons. The van der Waals surface area contributed by atoms with Gasteiger partial charge in [-0.05, 0) is 24.6 Å². The molecule has 1 rings (SSSR count). The van der Waals surface area contributed by atoms with E-state index in [1.807, 2.05) is 31.2 Å². The molecule has 0 aliphatic heterocycles. The number of ether oxygens (including phenoxy) is 1. The molecular formula is C11H15NO. The zero-order valence-corrected chi connectivity index (χ0v) is 7.86. The summed E-state index contributed by atoms with van der Waals surface area (Å²) < 4.78 is 5.53. The van der Waals surface area contributed by atoms with Crippen molar-refractivity contribution in [3.63, 3.8) is 0 Å². The van der Waals surface area contributed by atoms with E-state index in [0.29, 0.717) is 6.54 Å². The van der Waals surface area contributed by atoms with Crippen LogP contribution in [-0.4, -0.2) is 6.10 Å². The Labute approximate surface area is 79.0 Å². The second kappa shape index (κ2) is 4.67. The first-order valence-electron chi connectivity index (χ1n) is 4.34. The maximum atomic E-state index is 5.53. The fourth-order valence-corrected chi connectivity index (χ4v) is 1.01. The highest BCUT2D eigenvalue weighted by Gasteiger charge is 1.98. The number of nitrogens with two attached hydrogens (primary N) is 1. The second-order valence-electron chi connectivity index (χ2n) is 2.91. The highest BCUT2D eigenvalue weighted by atomic mass is 16.5. The number of hydrogen-bond donors (Lipinski definition) is 1. The van der Waals surface area contributed by atoms with E-state index >= 15 is 0 Å². The van der Waals surface area contributed by atoms with Gasteiger partial charge in [0.05, 0.1) is 0 Å². The van der Waals surface area contributed by atoms with E-state index in [1.54, 1.807) is 6.08 Å². The van der Waals surface area contributed by atoms with Gasteiger partial charge < -0.3 is 10.5 Å². The summed E-state index contributed by atoms with van der Waals surface area (Å²) in [4.78, 5) is 0. The molecule has 2 N–H and O–H groups in total. The Balaban J connectivity index is 2.71. The lowest BCUT2D eigenvalue weighted by atomic mass is 10.2. The minimum atomic E-state index is 0.0352. The van der Waals surface area contributed by atoms with E-state index in [0.717, 1.165) is 11.3 Å². The zero-order chi connectivity index (χ0) is 9.68. The lowest BCUT2D eigenvalue weighted by Crippen LogP contribution is -2.07. The molecule has 0 spiro atoms. The van der Waals surface area contributed by atoms with Gasteiger partial charge in [-0.15, -0.1) is 0 Å². The number of rotatable bonds is 4. The Morgan fingerprint density at radius 2 is 2.38 bits per heavy atom. The summed E-state index contributed by atoms with van der Waals surface area (Å²) in [7, 11) is 0. The van der Waals surface area contributed by atoms with Crippen LogP contribution in [0.3, 0.4) is 0 Å². The van der Waals surface area contributed by atoms with Crippen LogP contribution >= 0.6 is 0 Å². The van der Waals surface area contributed by atoms with Crippen LogP contribution in [0.4, 0.5) is 0 Å². The van der Waals surface area contributed by atoms with Crippen LogP contribution < -0.4 is 10.5 Å². The SMILES string of the molecule is C=CC(C)Oc1cccc(CN)c1. The van der Waals surface area contributed by atoms with Crippen molar-refractivity contribution < 1.29 is 4.74 Å². The lowest BCUT2D eigenvalue weighted by molar-refractivity contribution is 0.270. The van der Waals surface area contributed by atoms with Crippen LogP contribution in [0.1, 0.15) is 12.5 Å². The normalized spacial score (nSPS) is 12.2. The molecule has 0 aliphatic rings. The third-order valence-corrected chi connectivity index (χ3v) is 1.79. The van der Waals surface area contributed by atoms with Crippen molar-refractivity contribution in [2.24, 2.45) is 5.73 Å². The van der Waals surface area contributed by atoms with Gasteiger partial charge in [-0.25, -0.2) is 0 Å². The first kappa shape index (κ1) is 9.81. The lowest BCUT2D eigenvalue weighted by Gasteiger charge is -2.10. The van der Waals surface area contributed by atoms with Crippen molar-refractivity contribution in [2.45, 2.75) is 19.6 Å². The summed E-state index contributed by atoms with van der Waals surface area (Å²) in [5.74, 6) is 0.843. The molecule has 2 nitrogen and oxygen atoms in total. The van der Waals surface area contributed by atoms with Gasteiger partial charge in [0, 0.05) is 6.54 Å². The van der Waals surface area contributed by atoms with E-state index in [2.05, 4.69) is 6.58 Å². The first-order valence-corrected chi connectivity index (χ1v) is 4.34. The van der Waals surface area contributed by atoms with Crippen molar-refractivity contribution in [3.8, 4) is 5.75 Å². The summed E-state index contributed by atoms with van der Waals surface area (Å²) in [6.45, 7) is 6.14. The molecule has 0 saturated carbocycles. The molecule has 0 saturated heterocycles. The molecule has 0 aliphatic carbocycles. The molecular weight excluding hydrogens is 162 g/mol. The highest BCUT2D eigenvalue weighted by molar-refractivity contribution is 5.28. The van der Waals surface area contributed by atoms with Crippen molar-refractivity contribution in [1.82, 2.24) is 0 Å². The molecule has 0 heterocycles. The smallest absolute Gasteiger partial charge is 0.120 e. The summed E-state index contributed by atoms with van der Waals surface area (Å²) in [6.07, 6.45) is 1.79. The van der Waals surface area contributed by atoms with E-state index in [1.165, 1.54) is 0 Å². The van der Waals surface area contributed by atoms with Gasteiger partial charge in [0.15, 0.2) is 0 Å². The highest BCUT2D eigenvalue weighted by Crippen LogP contribution is 2.14. The quantitative estimate of drug-likeness (QED) is 0.715. The van der Waals surface area contributed by atoms with Gasteiger partial charge in [0.2, 0.25) is 0 Å². The largest absolute Gasteiger partial charge is 0.487 e. The van der Waals surface area contributed by atoms with Gasteiger partial charge in [0.25, 0.3) is 0 Å². The number of benzene rings is 1. The Hall–Kier alpha value is -1.28. The molecule has 0 radical (unpaired) electrons. The van der Waals surface area contributed by atoms with Crippen molar-refractivity contribution in [1.29, 1.82) is 0 Å². The molecule has 0 aromatic heterocycles. The van der Waals surface area contributed by atoms with Crippen molar-refractivity contribution in [3.05, 3.63) is 42.5 Å². The summed E-state index contributed by atoms with van der Waals surface area (Å²) in [5.41, 5.74) is 6.58. The topological polar surface area (TPSA) is 35.2 Å². The van der Waals surface area contributed by atoms with Crippen LogP contribution in [-0.2, 0) is 6.54 Å². The fraction of sp³-hybridized carbons (Fsp3) is 0.273. The van der Waals surface area contributed by atoms with Crippen LogP contribution in [0.15, 0.2) is 36.9 Å². The maximum absolute atomic E-state index is 5.53. The van der Waals surface area contributed by atoms with Gasteiger partial charge >= 0.3 is 0 Å². The molecule has 2 heteroatoms. The predicted molar refractivity (Wildman–Crippen MR) is 54.6 cm³/mol. The molecule has 1 aromatic carbocycles. The van der Waals surface area contributed by atoms with Crippen LogP contribution in [0.25, 0.3) is 0 Å². The Bertz CT molecular complexity index is 283. The van der Waals surface area contributed by atoms with Crippen LogP contribution in [0.2, 0.25) is 0 Å². The summed E-state index contributed by atoms with van der Waals surface area (Å²) >= 11 is 0. The fourth-order valence-electron chi connectivity index (χ4n) is 1.01. The second-order valence-corrected chi connectivity index (χ2v) is 2.91. The minimum Gasteiger partial charge on any atom is -0.487 e. The molecule has 1 aromatic rings. The molecule has 0 fully saturated rings. The van der Waals surface area contributed by atoms with E-state index < -0.39 is 0 Å². The first-order chi connectivity index (χ1) is 6.26. The average molecular weight is 177 g/mol. The third-order valence-electron chi connectivity index (χ3n) is 1.79. The molecule has 0 bridgehead atoms. The molecule has 0 amide bonds. The molecule has 1 unspecified atom stereocenters. The monoisotopic (exact) mass is 177 g/mol. The molecule has 1 atom stereocenters. The molecule has 13 heavy (non-hydrogen) atoms. The maximum Gasteiger partial charge on any atom is 0.120 e. The summed E-state index contributed by atoms with van der Waals surface area (Å²) in [6, 6.07) is 7.78. The van der Waals surface area contributed by atoms with Crippen LogP contribution in [0.5, 0.6) is 5.75 Å². The van der Waals surface area contributed by atoms with E-state index in [-0.39, 0.29) is 6.10 Å². The van der Waals surface area contributed by atoms with E-state index in [9.17, 15) is 0 Å². The Kier molecular flexibility index (Phi) is 3.53. The Morgan fingerprint density at radius 1 is 1.62 bits per heavy atom. The van der Waals surface area contributed by atoms with Crippen LogP contribution in [0, 0.1) is 0 Å². The minimum absolute atomic E-state index is 0.0352. The van der Waals surface area contributed by atoms with Gasteiger partial charge in [-0.1, -0.05) is 24.8 Å². The third kappa shape index (κ3) is 2.92. The standard InChI is InChI=1S/C11H15NO/c1-3-9(2)13-11-6-4-5-10(7-11)8-12/h3-7,9H,1,8,12H2,2H3. The number of hydrogen-bond acceptors (Lipinski definition) is 2. The van der Waals surface area contributed by atoms with Gasteiger partial charge in [0.1, 0.15) is 11.9 Å². The van der Waals surface area contributed by atoms with Gasteiger partial charge in [-0.2, -0.15) is 0 Å². The van der Waals surface area contributed by atoms with Crippen molar-refractivity contribution >= 4 is 0 Å². The zero-order valence-electron chi connectivity index (χ0n) is 7.86. The van der Waals surface area contributed by atoms with Crippen molar-refractivity contribution in [2.75, 3.05) is 0 Å². The van der Waals surface area contributed by atoms with Gasteiger partial charge in [-0.3, -0.25) is 0 Å². The van der Waals surface area contributed by atoms with E-state index in [4.69, 9.17) is 10.5 Å².